The number of hydrogen-bond acceptors (Lipinski definition) is 3. The molecular weight excluding hydrogens is 264 g/mol. The van der Waals surface area contributed by atoms with Crippen LogP contribution in [0.3, 0.4) is 0 Å². The maximum atomic E-state index is 5.81. The third kappa shape index (κ3) is 3.69. The molecule has 102 valence electrons. The van der Waals surface area contributed by atoms with Gasteiger partial charge in [-0.3, -0.25) is 4.90 Å². The summed E-state index contributed by atoms with van der Waals surface area (Å²) < 4.78 is 0. The van der Waals surface area contributed by atoms with Crippen molar-refractivity contribution in [2.24, 2.45) is 5.92 Å². The number of halogens is 1. The number of rotatable bonds is 4. The van der Waals surface area contributed by atoms with E-state index in [-0.39, 0.29) is 5.41 Å². The number of nitrogens with zero attached hydrogens (tertiary/aromatic N) is 2. The molecule has 0 amide bonds. The lowest BCUT2D eigenvalue weighted by atomic mass is 9.93. The van der Waals surface area contributed by atoms with Gasteiger partial charge in [-0.2, -0.15) is 0 Å². The highest BCUT2D eigenvalue weighted by atomic mass is 35.5. The first kappa shape index (κ1) is 14.3. The molecule has 0 aliphatic carbocycles. The van der Waals surface area contributed by atoms with Crippen LogP contribution in [0.2, 0.25) is 0 Å². The number of hydrogen-bond donors (Lipinski definition) is 0. The Morgan fingerprint density at radius 1 is 1.50 bits per heavy atom. The molecule has 2 nitrogen and oxygen atoms in total. The van der Waals surface area contributed by atoms with E-state index in [1.54, 1.807) is 11.3 Å². The van der Waals surface area contributed by atoms with Crippen LogP contribution >= 0.6 is 22.9 Å². The lowest BCUT2D eigenvalue weighted by molar-refractivity contribution is 0.314. The van der Waals surface area contributed by atoms with Crippen molar-refractivity contribution >= 4 is 22.9 Å². The van der Waals surface area contributed by atoms with Crippen molar-refractivity contribution < 1.29 is 0 Å². The SMILES string of the molecule is CC(C)(C)c1csc(CN2CCC(CCCl)C2)n1. The van der Waals surface area contributed by atoms with Crippen molar-refractivity contribution in [2.45, 2.75) is 45.6 Å². The number of thiazole rings is 1. The maximum Gasteiger partial charge on any atom is 0.107 e. The molecule has 0 aromatic carbocycles. The second-order valence-electron chi connectivity index (χ2n) is 6.24. The Labute approximate surface area is 119 Å². The van der Waals surface area contributed by atoms with E-state index in [1.807, 2.05) is 0 Å². The maximum absolute atomic E-state index is 5.81. The summed E-state index contributed by atoms with van der Waals surface area (Å²) in [7, 11) is 0. The number of aromatic nitrogens is 1. The average Bonchev–Trinajstić information content (AvgIpc) is 2.88. The minimum atomic E-state index is 0.168. The number of alkyl halides is 1. The third-order valence-corrected chi connectivity index (χ3v) is 4.62. The highest BCUT2D eigenvalue weighted by molar-refractivity contribution is 7.09. The molecule has 1 aromatic heterocycles. The first-order chi connectivity index (χ1) is 8.49. The van der Waals surface area contributed by atoms with Gasteiger partial charge in [0, 0.05) is 23.2 Å². The Bertz CT molecular complexity index is 383. The second kappa shape index (κ2) is 5.89. The number of likely N-dealkylation sites (tertiary alicyclic amines) is 1. The van der Waals surface area contributed by atoms with E-state index in [2.05, 4.69) is 31.1 Å². The summed E-state index contributed by atoms with van der Waals surface area (Å²) in [6.07, 6.45) is 2.45. The quantitative estimate of drug-likeness (QED) is 0.781. The fourth-order valence-corrected chi connectivity index (χ4v) is 3.74. The minimum absolute atomic E-state index is 0.168. The lowest BCUT2D eigenvalue weighted by Crippen LogP contribution is -2.20. The molecule has 0 radical (unpaired) electrons. The molecule has 0 saturated carbocycles. The van der Waals surface area contributed by atoms with Gasteiger partial charge in [-0.1, -0.05) is 20.8 Å². The van der Waals surface area contributed by atoms with Gasteiger partial charge in [-0.05, 0) is 25.3 Å². The Morgan fingerprint density at radius 3 is 2.89 bits per heavy atom. The molecule has 0 spiro atoms. The molecule has 1 unspecified atom stereocenters. The molecule has 2 heterocycles. The van der Waals surface area contributed by atoms with Crippen LogP contribution in [0.4, 0.5) is 0 Å². The first-order valence-corrected chi connectivity index (χ1v) is 8.13. The Kier molecular flexibility index (Phi) is 4.68. The van der Waals surface area contributed by atoms with Gasteiger partial charge in [0.05, 0.1) is 12.2 Å². The summed E-state index contributed by atoms with van der Waals surface area (Å²) in [5.74, 6) is 1.59. The summed E-state index contributed by atoms with van der Waals surface area (Å²) >= 11 is 7.61. The Hall–Kier alpha value is -0.120. The van der Waals surface area contributed by atoms with Gasteiger partial charge in [0.25, 0.3) is 0 Å². The van der Waals surface area contributed by atoms with Crippen LogP contribution in [0.25, 0.3) is 0 Å². The van der Waals surface area contributed by atoms with Crippen molar-refractivity contribution in [1.29, 1.82) is 0 Å². The predicted octanol–water partition coefficient (Wildman–Crippen LogP) is 3.89. The van der Waals surface area contributed by atoms with E-state index in [0.717, 1.165) is 24.8 Å². The van der Waals surface area contributed by atoms with Crippen LogP contribution in [0.15, 0.2) is 5.38 Å². The van der Waals surface area contributed by atoms with Gasteiger partial charge in [0.2, 0.25) is 0 Å². The molecular formula is C14H23ClN2S. The van der Waals surface area contributed by atoms with Gasteiger partial charge < -0.3 is 0 Å². The first-order valence-electron chi connectivity index (χ1n) is 6.72. The fraction of sp³-hybridized carbons (Fsp3) is 0.786. The predicted molar refractivity (Wildman–Crippen MR) is 79.5 cm³/mol. The normalized spacial score (nSPS) is 21.7. The molecule has 1 aromatic rings. The molecule has 1 aliphatic rings. The standard InChI is InChI=1S/C14H23ClN2S/c1-14(2,3)12-10-18-13(16-12)9-17-7-5-11(8-17)4-6-15/h10-11H,4-9H2,1-3H3. The molecule has 0 bridgehead atoms. The van der Waals surface area contributed by atoms with Crippen molar-refractivity contribution in [3.8, 4) is 0 Å². The van der Waals surface area contributed by atoms with Gasteiger partial charge in [-0.25, -0.2) is 4.98 Å². The van der Waals surface area contributed by atoms with Crippen LogP contribution in [-0.4, -0.2) is 28.9 Å². The van der Waals surface area contributed by atoms with Crippen molar-refractivity contribution in [1.82, 2.24) is 9.88 Å². The van der Waals surface area contributed by atoms with Crippen molar-refractivity contribution in [3.05, 3.63) is 16.1 Å². The van der Waals surface area contributed by atoms with Gasteiger partial charge >= 0.3 is 0 Å². The van der Waals surface area contributed by atoms with Crippen molar-refractivity contribution in [3.63, 3.8) is 0 Å². The minimum Gasteiger partial charge on any atom is -0.296 e. The van der Waals surface area contributed by atoms with Crippen LogP contribution in [0.5, 0.6) is 0 Å². The zero-order valence-electron chi connectivity index (χ0n) is 11.6. The molecule has 4 heteroatoms. The molecule has 18 heavy (non-hydrogen) atoms. The summed E-state index contributed by atoms with van der Waals surface area (Å²) in [5, 5.41) is 3.47. The molecule has 1 atom stereocenters. The second-order valence-corrected chi connectivity index (χ2v) is 7.56. The van der Waals surface area contributed by atoms with E-state index >= 15 is 0 Å². The highest BCUT2D eigenvalue weighted by Crippen LogP contribution is 2.26. The summed E-state index contributed by atoms with van der Waals surface area (Å²) in [4.78, 5) is 7.28. The van der Waals surface area contributed by atoms with E-state index < -0.39 is 0 Å². The van der Waals surface area contributed by atoms with Gasteiger partial charge in [-0.15, -0.1) is 22.9 Å². The zero-order chi connectivity index (χ0) is 13.2. The molecule has 1 saturated heterocycles. The smallest absolute Gasteiger partial charge is 0.107 e. The van der Waals surface area contributed by atoms with Gasteiger partial charge in [0.1, 0.15) is 5.01 Å². The summed E-state index contributed by atoms with van der Waals surface area (Å²) in [6, 6.07) is 0. The summed E-state index contributed by atoms with van der Waals surface area (Å²) in [5.41, 5.74) is 1.39. The van der Waals surface area contributed by atoms with Crippen LogP contribution < -0.4 is 0 Å². The third-order valence-electron chi connectivity index (χ3n) is 3.57. The van der Waals surface area contributed by atoms with Crippen LogP contribution in [-0.2, 0) is 12.0 Å². The fourth-order valence-electron chi connectivity index (χ4n) is 2.37. The Balaban J connectivity index is 1.89. The molecule has 0 N–H and O–H groups in total. The van der Waals surface area contributed by atoms with E-state index in [1.165, 1.54) is 30.2 Å². The van der Waals surface area contributed by atoms with Crippen LogP contribution in [0.1, 0.15) is 44.3 Å². The van der Waals surface area contributed by atoms with Crippen LogP contribution in [0, 0.1) is 5.92 Å². The Morgan fingerprint density at radius 2 is 2.28 bits per heavy atom. The monoisotopic (exact) mass is 286 g/mol. The topological polar surface area (TPSA) is 16.1 Å². The van der Waals surface area contributed by atoms with E-state index in [9.17, 15) is 0 Å². The van der Waals surface area contributed by atoms with E-state index in [4.69, 9.17) is 16.6 Å². The molecule has 2 rings (SSSR count). The van der Waals surface area contributed by atoms with Crippen molar-refractivity contribution in [2.75, 3.05) is 19.0 Å². The molecule has 1 fully saturated rings. The zero-order valence-corrected chi connectivity index (χ0v) is 13.2. The molecule has 1 aliphatic heterocycles. The summed E-state index contributed by atoms with van der Waals surface area (Å²) in [6.45, 7) is 10.1. The average molecular weight is 287 g/mol. The van der Waals surface area contributed by atoms with E-state index in [0.29, 0.717) is 0 Å². The van der Waals surface area contributed by atoms with Gasteiger partial charge in [0.15, 0.2) is 0 Å². The highest BCUT2D eigenvalue weighted by Gasteiger charge is 2.23. The lowest BCUT2D eigenvalue weighted by Gasteiger charge is -2.15. The largest absolute Gasteiger partial charge is 0.296 e.